The lowest BCUT2D eigenvalue weighted by Crippen LogP contribution is -2.15. The molecule has 16 heavy (non-hydrogen) atoms. The van der Waals surface area contributed by atoms with Crippen LogP contribution in [0.2, 0.25) is 0 Å². The van der Waals surface area contributed by atoms with E-state index in [1.165, 1.54) is 4.88 Å². The SMILES string of the molecule is Cc1nc(-c2ccc[nH]2)sc1CCC(C)N. The van der Waals surface area contributed by atoms with E-state index in [1.807, 2.05) is 25.3 Å². The van der Waals surface area contributed by atoms with Crippen molar-refractivity contribution in [2.45, 2.75) is 32.7 Å². The van der Waals surface area contributed by atoms with E-state index in [4.69, 9.17) is 5.73 Å². The molecule has 2 aromatic heterocycles. The van der Waals surface area contributed by atoms with Crippen LogP contribution < -0.4 is 5.73 Å². The third kappa shape index (κ3) is 2.51. The summed E-state index contributed by atoms with van der Waals surface area (Å²) >= 11 is 1.76. The Bertz CT molecular complexity index is 443. The van der Waals surface area contributed by atoms with Crippen LogP contribution in [-0.4, -0.2) is 16.0 Å². The second-order valence-electron chi connectivity index (χ2n) is 4.13. The normalized spacial score (nSPS) is 12.9. The molecule has 4 heteroatoms. The Hall–Kier alpha value is -1.13. The lowest BCUT2D eigenvalue weighted by atomic mass is 10.1. The van der Waals surface area contributed by atoms with Gasteiger partial charge in [-0.3, -0.25) is 0 Å². The zero-order chi connectivity index (χ0) is 11.5. The van der Waals surface area contributed by atoms with Gasteiger partial charge in [0.25, 0.3) is 0 Å². The molecule has 2 heterocycles. The minimum absolute atomic E-state index is 0.260. The van der Waals surface area contributed by atoms with E-state index in [0.29, 0.717) is 0 Å². The molecule has 2 rings (SSSR count). The summed E-state index contributed by atoms with van der Waals surface area (Å²) in [6, 6.07) is 4.30. The first-order chi connectivity index (χ1) is 7.66. The lowest BCUT2D eigenvalue weighted by Gasteiger charge is -2.02. The molecule has 2 aromatic rings. The lowest BCUT2D eigenvalue weighted by molar-refractivity contribution is 0.668. The van der Waals surface area contributed by atoms with E-state index in [2.05, 4.69) is 16.9 Å². The number of nitrogens with zero attached hydrogens (tertiary/aromatic N) is 1. The summed E-state index contributed by atoms with van der Waals surface area (Å²) in [6.45, 7) is 4.11. The minimum atomic E-state index is 0.260. The summed E-state index contributed by atoms with van der Waals surface area (Å²) in [6.07, 6.45) is 3.97. The number of nitrogens with one attached hydrogen (secondary N) is 1. The van der Waals surface area contributed by atoms with E-state index >= 15 is 0 Å². The van der Waals surface area contributed by atoms with Gasteiger partial charge in [0, 0.05) is 17.1 Å². The van der Waals surface area contributed by atoms with Gasteiger partial charge in [-0.25, -0.2) is 4.98 Å². The quantitative estimate of drug-likeness (QED) is 0.856. The molecule has 0 radical (unpaired) electrons. The molecule has 1 atom stereocenters. The Morgan fingerprint density at radius 2 is 2.38 bits per heavy atom. The van der Waals surface area contributed by atoms with Crippen LogP contribution in [-0.2, 0) is 6.42 Å². The summed E-state index contributed by atoms with van der Waals surface area (Å²) in [7, 11) is 0. The van der Waals surface area contributed by atoms with Crippen LogP contribution in [0, 0.1) is 6.92 Å². The Labute approximate surface area is 99.7 Å². The predicted molar refractivity (Wildman–Crippen MR) is 68.6 cm³/mol. The molecule has 0 aliphatic heterocycles. The van der Waals surface area contributed by atoms with E-state index in [0.717, 1.165) is 29.2 Å². The molecule has 0 fully saturated rings. The molecule has 0 spiro atoms. The highest BCUT2D eigenvalue weighted by atomic mass is 32.1. The van der Waals surface area contributed by atoms with Gasteiger partial charge >= 0.3 is 0 Å². The number of hydrogen-bond acceptors (Lipinski definition) is 3. The van der Waals surface area contributed by atoms with Gasteiger partial charge in [-0.15, -0.1) is 11.3 Å². The molecule has 1 unspecified atom stereocenters. The molecular formula is C12H17N3S. The van der Waals surface area contributed by atoms with Crippen molar-refractivity contribution in [3.63, 3.8) is 0 Å². The van der Waals surface area contributed by atoms with E-state index < -0.39 is 0 Å². The average Bonchev–Trinajstić information content (AvgIpc) is 2.83. The molecule has 0 bridgehead atoms. The maximum atomic E-state index is 5.77. The molecule has 0 aliphatic carbocycles. The van der Waals surface area contributed by atoms with Gasteiger partial charge in [0.1, 0.15) is 5.01 Å². The van der Waals surface area contributed by atoms with Crippen molar-refractivity contribution in [3.8, 4) is 10.7 Å². The van der Waals surface area contributed by atoms with Crippen LogP contribution in [0.25, 0.3) is 10.7 Å². The Balaban J connectivity index is 2.16. The largest absolute Gasteiger partial charge is 0.359 e. The van der Waals surface area contributed by atoms with Crippen molar-refractivity contribution >= 4 is 11.3 Å². The molecule has 0 aromatic carbocycles. The maximum absolute atomic E-state index is 5.77. The fourth-order valence-electron chi connectivity index (χ4n) is 1.60. The Kier molecular flexibility index (Phi) is 3.41. The molecule has 0 aliphatic rings. The second kappa shape index (κ2) is 4.80. The van der Waals surface area contributed by atoms with Crippen LogP contribution >= 0.6 is 11.3 Å². The first kappa shape index (κ1) is 11.4. The monoisotopic (exact) mass is 235 g/mol. The first-order valence-electron chi connectivity index (χ1n) is 5.52. The number of aromatic amines is 1. The zero-order valence-electron chi connectivity index (χ0n) is 9.66. The number of hydrogen-bond donors (Lipinski definition) is 2. The van der Waals surface area contributed by atoms with Gasteiger partial charge in [-0.2, -0.15) is 0 Å². The Morgan fingerprint density at radius 3 is 3.00 bits per heavy atom. The summed E-state index contributed by atoms with van der Waals surface area (Å²) in [5.41, 5.74) is 8.00. The predicted octanol–water partition coefficient (Wildman–Crippen LogP) is 2.73. The highest BCUT2D eigenvalue weighted by Crippen LogP contribution is 2.27. The van der Waals surface area contributed by atoms with Crippen LogP contribution in [0.15, 0.2) is 18.3 Å². The van der Waals surface area contributed by atoms with E-state index in [-0.39, 0.29) is 6.04 Å². The molecule has 0 amide bonds. The van der Waals surface area contributed by atoms with Crippen molar-refractivity contribution < 1.29 is 0 Å². The average molecular weight is 235 g/mol. The van der Waals surface area contributed by atoms with Gasteiger partial charge in [0.05, 0.1) is 11.4 Å². The van der Waals surface area contributed by atoms with Gasteiger partial charge in [0.15, 0.2) is 0 Å². The summed E-state index contributed by atoms with van der Waals surface area (Å²) in [5, 5.41) is 1.07. The van der Waals surface area contributed by atoms with Crippen molar-refractivity contribution in [1.82, 2.24) is 9.97 Å². The highest BCUT2D eigenvalue weighted by Gasteiger charge is 2.10. The van der Waals surface area contributed by atoms with E-state index in [9.17, 15) is 0 Å². The van der Waals surface area contributed by atoms with Crippen molar-refractivity contribution in [3.05, 3.63) is 28.9 Å². The fraction of sp³-hybridized carbons (Fsp3) is 0.417. The van der Waals surface area contributed by atoms with Gasteiger partial charge in [-0.1, -0.05) is 0 Å². The molecule has 0 saturated carbocycles. The fourth-order valence-corrected chi connectivity index (χ4v) is 2.66. The summed E-state index contributed by atoms with van der Waals surface area (Å²) < 4.78 is 0. The minimum Gasteiger partial charge on any atom is -0.359 e. The topological polar surface area (TPSA) is 54.7 Å². The molecule has 86 valence electrons. The van der Waals surface area contributed by atoms with Crippen molar-refractivity contribution in [1.29, 1.82) is 0 Å². The maximum Gasteiger partial charge on any atom is 0.140 e. The summed E-state index contributed by atoms with van der Waals surface area (Å²) in [5.74, 6) is 0. The van der Waals surface area contributed by atoms with Crippen LogP contribution in [0.3, 0.4) is 0 Å². The number of aryl methyl sites for hydroxylation is 2. The number of rotatable bonds is 4. The molecule has 3 nitrogen and oxygen atoms in total. The molecule has 0 saturated heterocycles. The first-order valence-corrected chi connectivity index (χ1v) is 6.34. The smallest absolute Gasteiger partial charge is 0.140 e. The van der Waals surface area contributed by atoms with Crippen LogP contribution in [0.4, 0.5) is 0 Å². The van der Waals surface area contributed by atoms with Gasteiger partial charge in [0.2, 0.25) is 0 Å². The number of nitrogens with two attached hydrogens (primary N) is 1. The van der Waals surface area contributed by atoms with Crippen molar-refractivity contribution in [2.24, 2.45) is 5.73 Å². The number of aromatic nitrogens is 2. The highest BCUT2D eigenvalue weighted by molar-refractivity contribution is 7.15. The second-order valence-corrected chi connectivity index (χ2v) is 5.21. The zero-order valence-corrected chi connectivity index (χ0v) is 10.5. The van der Waals surface area contributed by atoms with Crippen LogP contribution in [0.1, 0.15) is 23.9 Å². The van der Waals surface area contributed by atoms with Gasteiger partial charge in [-0.05, 0) is 38.8 Å². The standard InChI is InChI=1S/C12H17N3S/c1-8(13)5-6-11-9(2)15-12(16-11)10-4-3-7-14-10/h3-4,7-8,14H,5-6,13H2,1-2H3. The van der Waals surface area contributed by atoms with E-state index in [1.54, 1.807) is 11.3 Å². The molecular weight excluding hydrogens is 218 g/mol. The number of H-pyrrole nitrogens is 1. The third-order valence-electron chi connectivity index (χ3n) is 2.55. The van der Waals surface area contributed by atoms with Gasteiger partial charge < -0.3 is 10.7 Å². The van der Waals surface area contributed by atoms with Crippen molar-refractivity contribution in [2.75, 3.05) is 0 Å². The third-order valence-corrected chi connectivity index (χ3v) is 3.80. The molecule has 3 N–H and O–H groups in total. The number of thiazole rings is 1. The summed E-state index contributed by atoms with van der Waals surface area (Å²) in [4.78, 5) is 9.11. The van der Waals surface area contributed by atoms with Crippen LogP contribution in [0.5, 0.6) is 0 Å². The Morgan fingerprint density at radius 1 is 1.56 bits per heavy atom.